The van der Waals surface area contributed by atoms with Crippen LogP contribution in [0.25, 0.3) is 0 Å². The molecule has 0 atom stereocenters. The van der Waals surface area contributed by atoms with Crippen molar-refractivity contribution in [1.82, 2.24) is 14.9 Å². The molecule has 1 aliphatic rings. The Morgan fingerprint density at radius 1 is 1.36 bits per heavy atom. The SMILES string of the molecule is CCNC(=NCCc1ccc(Cl)s1)NC1CCN(S(=O)(=O)C(F)(F)F)CC1.I. The van der Waals surface area contributed by atoms with Crippen LogP contribution in [0, 0.1) is 0 Å². The molecule has 2 rings (SSSR count). The van der Waals surface area contributed by atoms with E-state index in [1.807, 2.05) is 19.1 Å². The van der Waals surface area contributed by atoms with Gasteiger partial charge in [0.25, 0.3) is 0 Å². The lowest BCUT2D eigenvalue weighted by atomic mass is 10.1. The Bertz CT molecular complexity index is 751. The minimum absolute atomic E-state index is 0. The van der Waals surface area contributed by atoms with Crippen molar-refractivity contribution in [1.29, 1.82) is 0 Å². The summed E-state index contributed by atoms with van der Waals surface area (Å²) in [7, 11) is -5.25. The van der Waals surface area contributed by atoms with E-state index in [-0.39, 0.29) is 55.9 Å². The zero-order chi connectivity index (χ0) is 20.1. The molecule has 2 heterocycles. The fraction of sp³-hybridized carbons (Fsp3) is 0.667. The minimum atomic E-state index is -5.26. The van der Waals surface area contributed by atoms with E-state index < -0.39 is 15.5 Å². The summed E-state index contributed by atoms with van der Waals surface area (Å²) >= 11 is 7.39. The summed E-state index contributed by atoms with van der Waals surface area (Å²) in [5.41, 5.74) is -5.26. The first-order valence-electron chi connectivity index (χ1n) is 8.49. The first-order chi connectivity index (χ1) is 12.6. The summed E-state index contributed by atoms with van der Waals surface area (Å²) in [5.74, 6) is 0.567. The van der Waals surface area contributed by atoms with E-state index in [2.05, 4.69) is 15.6 Å². The van der Waals surface area contributed by atoms with Crippen LogP contribution < -0.4 is 10.6 Å². The van der Waals surface area contributed by atoms with Crippen molar-refractivity contribution in [2.24, 2.45) is 4.99 Å². The molecule has 0 saturated carbocycles. The standard InChI is InChI=1S/C15H22ClF3N4O2S2.HI/c1-2-20-14(21-8-5-12-3-4-13(16)26-12)22-11-6-9-23(10-7-11)27(24,25)15(17,18)19;/h3-4,11H,2,5-10H2,1H3,(H2,20,21,22);1H. The fourth-order valence-electron chi connectivity index (χ4n) is 2.66. The predicted octanol–water partition coefficient (Wildman–Crippen LogP) is 3.43. The molecule has 0 radical (unpaired) electrons. The van der Waals surface area contributed by atoms with Gasteiger partial charge in [-0.2, -0.15) is 17.5 Å². The number of nitrogens with zero attached hydrogens (tertiary/aromatic N) is 2. The average molecular weight is 575 g/mol. The van der Waals surface area contributed by atoms with E-state index in [0.29, 0.717) is 23.4 Å². The number of hydrogen-bond acceptors (Lipinski definition) is 4. The van der Waals surface area contributed by atoms with Gasteiger partial charge in [-0.3, -0.25) is 4.99 Å². The van der Waals surface area contributed by atoms with Gasteiger partial charge in [-0.25, -0.2) is 8.42 Å². The highest BCUT2D eigenvalue weighted by Crippen LogP contribution is 2.29. The van der Waals surface area contributed by atoms with Gasteiger partial charge in [0.1, 0.15) is 0 Å². The second kappa shape index (κ2) is 11.2. The molecule has 13 heteroatoms. The summed E-state index contributed by atoms with van der Waals surface area (Å²) < 4.78 is 62.0. The molecule has 1 saturated heterocycles. The quantitative estimate of drug-likeness (QED) is 0.310. The van der Waals surface area contributed by atoms with E-state index in [1.165, 1.54) is 11.3 Å². The zero-order valence-corrected chi connectivity index (χ0v) is 19.8. The first kappa shape index (κ1) is 25.7. The van der Waals surface area contributed by atoms with Crippen LogP contribution in [0.4, 0.5) is 13.2 Å². The van der Waals surface area contributed by atoms with Crippen LogP contribution >= 0.6 is 46.9 Å². The Morgan fingerprint density at radius 2 is 2.00 bits per heavy atom. The maximum atomic E-state index is 12.6. The molecule has 0 bridgehead atoms. The first-order valence-corrected chi connectivity index (χ1v) is 11.1. The van der Waals surface area contributed by atoms with Gasteiger partial charge in [-0.1, -0.05) is 11.6 Å². The van der Waals surface area contributed by atoms with Crippen molar-refractivity contribution in [2.45, 2.75) is 37.7 Å². The Balaban J connectivity index is 0.00000392. The smallest absolute Gasteiger partial charge is 0.357 e. The van der Waals surface area contributed by atoms with Crippen molar-refractivity contribution in [3.05, 3.63) is 21.3 Å². The second-order valence-corrected chi connectivity index (χ2v) is 9.71. The monoisotopic (exact) mass is 574 g/mol. The Morgan fingerprint density at radius 3 is 2.50 bits per heavy atom. The van der Waals surface area contributed by atoms with Gasteiger partial charge in [0, 0.05) is 43.5 Å². The minimum Gasteiger partial charge on any atom is -0.357 e. The maximum Gasteiger partial charge on any atom is 0.511 e. The topological polar surface area (TPSA) is 73.8 Å². The van der Waals surface area contributed by atoms with Crippen LogP contribution in [-0.4, -0.2) is 56.4 Å². The third-order valence-electron chi connectivity index (χ3n) is 4.03. The Labute approximate surface area is 189 Å². The van der Waals surface area contributed by atoms with Crippen LogP contribution in [0.1, 0.15) is 24.6 Å². The third-order valence-corrected chi connectivity index (χ3v) is 6.95. The Hall–Kier alpha value is -0.310. The third kappa shape index (κ3) is 7.18. The molecule has 6 nitrogen and oxygen atoms in total. The molecule has 28 heavy (non-hydrogen) atoms. The molecular weight excluding hydrogens is 552 g/mol. The largest absolute Gasteiger partial charge is 0.511 e. The van der Waals surface area contributed by atoms with Crippen LogP contribution in [0.2, 0.25) is 4.34 Å². The van der Waals surface area contributed by atoms with E-state index in [9.17, 15) is 21.6 Å². The van der Waals surface area contributed by atoms with Gasteiger partial charge < -0.3 is 10.6 Å². The second-order valence-electron chi connectivity index (χ2n) is 5.98. The van der Waals surface area contributed by atoms with E-state index >= 15 is 0 Å². The van der Waals surface area contributed by atoms with Crippen LogP contribution in [0.3, 0.4) is 0 Å². The number of rotatable bonds is 6. The molecule has 0 aliphatic carbocycles. The maximum absolute atomic E-state index is 12.6. The molecule has 0 amide bonds. The van der Waals surface area contributed by atoms with Crippen molar-refractivity contribution in [3.8, 4) is 0 Å². The number of sulfonamides is 1. The lowest BCUT2D eigenvalue weighted by molar-refractivity contribution is -0.0494. The van der Waals surface area contributed by atoms with Crippen LogP contribution in [-0.2, 0) is 16.4 Å². The molecule has 1 aromatic rings. The van der Waals surface area contributed by atoms with Crippen LogP contribution in [0.5, 0.6) is 0 Å². The molecule has 2 N–H and O–H groups in total. The van der Waals surface area contributed by atoms with Gasteiger partial charge in [-0.05, 0) is 31.9 Å². The summed E-state index contributed by atoms with van der Waals surface area (Å²) in [4.78, 5) is 5.58. The molecule has 162 valence electrons. The van der Waals surface area contributed by atoms with Gasteiger partial charge in [0.15, 0.2) is 5.96 Å². The fourth-order valence-corrected chi connectivity index (χ4v) is 4.72. The number of alkyl halides is 3. The highest BCUT2D eigenvalue weighted by atomic mass is 127. The van der Waals surface area contributed by atoms with Gasteiger partial charge in [0.05, 0.1) is 4.34 Å². The van der Waals surface area contributed by atoms with Crippen molar-refractivity contribution >= 4 is 62.9 Å². The Kier molecular flexibility index (Phi) is 10.3. The van der Waals surface area contributed by atoms with E-state index in [1.54, 1.807) is 0 Å². The predicted molar refractivity (Wildman–Crippen MR) is 117 cm³/mol. The number of thiophene rings is 1. The highest BCUT2D eigenvalue weighted by molar-refractivity contribution is 14.0. The zero-order valence-electron chi connectivity index (χ0n) is 15.1. The number of halogens is 5. The van der Waals surface area contributed by atoms with Gasteiger partial charge >= 0.3 is 15.5 Å². The van der Waals surface area contributed by atoms with Gasteiger partial charge in [-0.15, -0.1) is 35.3 Å². The molecule has 0 unspecified atom stereocenters. The molecule has 1 aromatic heterocycles. The van der Waals surface area contributed by atoms with Crippen LogP contribution in [0.15, 0.2) is 17.1 Å². The summed E-state index contributed by atoms with van der Waals surface area (Å²) in [5, 5.41) is 6.26. The van der Waals surface area contributed by atoms with Crippen molar-refractivity contribution in [2.75, 3.05) is 26.2 Å². The lowest BCUT2D eigenvalue weighted by Crippen LogP contribution is -2.51. The summed E-state index contributed by atoms with van der Waals surface area (Å²) in [6.07, 6.45) is 1.29. The molecular formula is C15H23ClF3IN4O2S2. The lowest BCUT2D eigenvalue weighted by Gasteiger charge is -2.32. The average Bonchev–Trinajstić information content (AvgIpc) is 3.00. The van der Waals surface area contributed by atoms with Gasteiger partial charge in [0.2, 0.25) is 0 Å². The molecule has 1 fully saturated rings. The molecule has 0 aromatic carbocycles. The normalized spacial score (nSPS) is 17.2. The summed E-state index contributed by atoms with van der Waals surface area (Å²) in [6, 6.07) is 3.63. The molecule has 0 spiro atoms. The van der Waals surface area contributed by atoms with Crippen molar-refractivity contribution in [3.63, 3.8) is 0 Å². The summed E-state index contributed by atoms with van der Waals surface area (Å²) in [6.45, 7) is 2.74. The highest BCUT2D eigenvalue weighted by Gasteiger charge is 2.50. The number of aliphatic imine (C=N–C) groups is 1. The number of hydrogen-bond donors (Lipinski definition) is 2. The molecule has 1 aliphatic heterocycles. The van der Waals surface area contributed by atoms with E-state index in [4.69, 9.17) is 11.6 Å². The number of nitrogens with one attached hydrogen (secondary N) is 2. The number of piperidine rings is 1. The van der Waals surface area contributed by atoms with E-state index in [0.717, 1.165) is 15.6 Å². The number of guanidine groups is 1. The van der Waals surface area contributed by atoms with Crippen molar-refractivity contribution < 1.29 is 21.6 Å².